The molecule has 0 aromatic heterocycles. The van der Waals surface area contributed by atoms with Gasteiger partial charge in [0.1, 0.15) is 0 Å². The zero-order valence-corrected chi connectivity index (χ0v) is 10.5. The lowest BCUT2D eigenvalue weighted by atomic mass is 10.1. The molecule has 6 heteroatoms. The first-order valence-electron chi connectivity index (χ1n) is 5.41. The van der Waals surface area contributed by atoms with Gasteiger partial charge in [0.05, 0.1) is 5.92 Å². The van der Waals surface area contributed by atoms with Gasteiger partial charge in [-0.1, -0.05) is 6.92 Å². The molecule has 1 saturated heterocycles. The van der Waals surface area contributed by atoms with E-state index in [9.17, 15) is 9.59 Å². The summed E-state index contributed by atoms with van der Waals surface area (Å²) in [5.74, 6) is -0.251. The van der Waals surface area contributed by atoms with Crippen molar-refractivity contribution in [2.45, 2.75) is 26.3 Å². The molecule has 94 valence electrons. The van der Waals surface area contributed by atoms with Crippen molar-refractivity contribution in [3.63, 3.8) is 0 Å². The summed E-state index contributed by atoms with van der Waals surface area (Å²) in [5, 5.41) is 8.69. The van der Waals surface area contributed by atoms with Crippen molar-refractivity contribution >= 4 is 24.2 Å². The van der Waals surface area contributed by atoms with E-state index in [0.29, 0.717) is 19.5 Å². The number of hydrogen-bond acceptors (Lipinski definition) is 3. The van der Waals surface area contributed by atoms with E-state index in [0.717, 1.165) is 6.54 Å². The summed E-state index contributed by atoms with van der Waals surface area (Å²) in [6.07, 6.45) is 0.321. The van der Waals surface area contributed by atoms with E-state index in [1.165, 1.54) is 0 Å². The Morgan fingerprint density at radius 3 is 2.81 bits per heavy atom. The number of nitrogens with one attached hydrogen (secondary N) is 3. The molecule has 0 aromatic carbocycles. The van der Waals surface area contributed by atoms with E-state index in [-0.39, 0.29) is 36.2 Å². The lowest BCUT2D eigenvalue weighted by Crippen LogP contribution is -2.41. The monoisotopic (exact) mass is 249 g/mol. The van der Waals surface area contributed by atoms with Gasteiger partial charge in [-0.3, -0.25) is 9.59 Å². The Morgan fingerprint density at radius 2 is 2.31 bits per heavy atom. The predicted octanol–water partition coefficient (Wildman–Crippen LogP) is -0.341. The number of carbonyl (C=O) groups is 2. The van der Waals surface area contributed by atoms with Crippen molar-refractivity contribution in [1.29, 1.82) is 0 Å². The van der Waals surface area contributed by atoms with Crippen LogP contribution in [0.5, 0.6) is 0 Å². The average molecular weight is 250 g/mol. The zero-order valence-electron chi connectivity index (χ0n) is 9.71. The lowest BCUT2D eigenvalue weighted by molar-refractivity contribution is -0.126. The van der Waals surface area contributed by atoms with E-state index in [4.69, 9.17) is 0 Å². The van der Waals surface area contributed by atoms with Crippen molar-refractivity contribution in [3.05, 3.63) is 0 Å². The van der Waals surface area contributed by atoms with Crippen LogP contribution in [-0.2, 0) is 9.59 Å². The second kappa shape index (κ2) is 7.46. The lowest BCUT2D eigenvalue weighted by Gasteiger charge is -2.14. The van der Waals surface area contributed by atoms with Crippen LogP contribution in [0, 0.1) is 5.92 Å². The molecule has 2 atom stereocenters. The van der Waals surface area contributed by atoms with Crippen molar-refractivity contribution < 1.29 is 9.59 Å². The molecule has 16 heavy (non-hydrogen) atoms. The number of carbonyl (C=O) groups excluding carboxylic acids is 2. The molecule has 0 saturated carbocycles. The standard InChI is InChI=1S/C10H19N3O2.ClH/c1-3-11-7(2)5-13-10(15)8-4-9(14)12-6-8;/h7-8,11H,3-6H2,1-2H3,(H,12,14)(H,13,15);1H/t7-,8?;/m1./s1. The van der Waals surface area contributed by atoms with Gasteiger partial charge < -0.3 is 16.0 Å². The van der Waals surface area contributed by atoms with Gasteiger partial charge in [0.2, 0.25) is 11.8 Å². The molecule has 0 aliphatic carbocycles. The first-order chi connectivity index (χ1) is 7.13. The molecule has 1 rings (SSSR count). The third-order valence-corrected chi connectivity index (χ3v) is 2.48. The summed E-state index contributed by atoms with van der Waals surface area (Å²) in [6, 6.07) is 0.268. The largest absolute Gasteiger partial charge is 0.355 e. The number of rotatable bonds is 5. The van der Waals surface area contributed by atoms with Crippen LogP contribution in [0.2, 0.25) is 0 Å². The number of halogens is 1. The van der Waals surface area contributed by atoms with Crippen molar-refractivity contribution in [2.24, 2.45) is 5.92 Å². The van der Waals surface area contributed by atoms with Gasteiger partial charge in [-0.15, -0.1) is 12.4 Å². The third kappa shape index (κ3) is 4.81. The van der Waals surface area contributed by atoms with Gasteiger partial charge in [-0.2, -0.15) is 0 Å². The molecular formula is C10H20ClN3O2. The highest BCUT2D eigenvalue weighted by Gasteiger charge is 2.27. The minimum atomic E-state index is -0.189. The fraction of sp³-hybridized carbons (Fsp3) is 0.800. The van der Waals surface area contributed by atoms with Gasteiger partial charge in [-0.05, 0) is 13.5 Å². The Bertz CT molecular complexity index is 248. The van der Waals surface area contributed by atoms with Gasteiger partial charge in [0.25, 0.3) is 0 Å². The molecule has 1 fully saturated rings. The molecule has 0 radical (unpaired) electrons. The highest BCUT2D eigenvalue weighted by atomic mass is 35.5. The van der Waals surface area contributed by atoms with E-state index in [1.54, 1.807) is 0 Å². The minimum Gasteiger partial charge on any atom is -0.355 e. The molecule has 1 unspecified atom stereocenters. The van der Waals surface area contributed by atoms with Crippen molar-refractivity contribution in [2.75, 3.05) is 19.6 Å². The van der Waals surface area contributed by atoms with Crippen LogP contribution in [0.25, 0.3) is 0 Å². The highest BCUT2D eigenvalue weighted by Crippen LogP contribution is 2.08. The minimum absolute atomic E-state index is 0. The summed E-state index contributed by atoms with van der Waals surface area (Å²) in [7, 11) is 0. The molecule has 5 nitrogen and oxygen atoms in total. The van der Waals surface area contributed by atoms with Crippen LogP contribution < -0.4 is 16.0 Å². The van der Waals surface area contributed by atoms with Gasteiger partial charge in [0, 0.05) is 25.6 Å². The quantitative estimate of drug-likeness (QED) is 0.624. The Labute approximate surface area is 102 Å². The van der Waals surface area contributed by atoms with Crippen LogP contribution in [0.15, 0.2) is 0 Å². The zero-order chi connectivity index (χ0) is 11.3. The van der Waals surface area contributed by atoms with Crippen LogP contribution in [0.3, 0.4) is 0 Å². The second-order valence-corrected chi connectivity index (χ2v) is 3.91. The number of likely N-dealkylation sites (N-methyl/N-ethyl adjacent to an activating group) is 1. The molecule has 2 amide bonds. The Morgan fingerprint density at radius 1 is 1.62 bits per heavy atom. The topological polar surface area (TPSA) is 70.2 Å². The highest BCUT2D eigenvalue weighted by molar-refractivity contribution is 5.89. The van der Waals surface area contributed by atoms with Gasteiger partial charge in [0.15, 0.2) is 0 Å². The smallest absolute Gasteiger partial charge is 0.225 e. The number of hydrogen-bond donors (Lipinski definition) is 3. The molecule has 3 N–H and O–H groups in total. The first kappa shape index (κ1) is 15.2. The Kier molecular flexibility index (Phi) is 7.08. The van der Waals surface area contributed by atoms with E-state index in [1.807, 2.05) is 13.8 Å². The summed E-state index contributed by atoms with van der Waals surface area (Å²) in [4.78, 5) is 22.5. The van der Waals surface area contributed by atoms with Crippen LogP contribution in [0.1, 0.15) is 20.3 Å². The molecule has 0 aromatic rings. The van der Waals surface area contributed by atoms with E-state index >= 15 is 0 Å². The average Bonchev–Trinajstić information content (AvgIpc) is 2.62. The fourth-order valence-corrected chi connectivity index (χ4v) is 1.61. The maximum atomic E-state index is 11.6. The normalized spacial score (nSPS) is 20.9. The van der Waals surface area contributed by atoms with Crippen LogP contribution >= 0.6 is 12.4 Å². The summed E-state index contributed by atoms with van der Waals surface area (Å²) in [6.45, 7) is 6.01. The van der Waals surface area contributed by atoms with Gasteiger partial charge >= 0.3 is 0 Å². The predicted molar refractivity (Wildman–Crippen MR) is 64.5 cm³/mol. The third-order valence-electron chi connectivity index (χ3n) is 2.48. The van der Waals surface area contributed by atoms with Gasteiger partial charge in [-0.25, -0.2) is 0 Å². The summed E-state index contributed by atoms with van der Waals surface area (Å²) >= 11 is 0. The molecular weight excluding hydrogens is 230 g/mol. The summed E-state index contributed by atoms with van der Waals surface area (Å²) < 4.78 is 0. The van der Waals surface area contributed by atoms with Crippen molar-refractivity contribution in [3.8, 4) is 0 Å². The SMILES string of the molecule is CCN[C@H](C)CNC(=O)C1CNC(=O)C1.Cl. The molecule has 1 heterocycles. The molecule has 0 bridgehead atoms. The van der Waals surface area contributed by atoms with E-state index in [2.05, 4.69) is 16.0 Å². The van der Waals surface area contributed by atoms with E-state index < -0.39 is 0 Å². The molecule has 1 aliphatic rings. The maximum Gasteiger partial charge on any atom is 0.225 e. The van der Waals surface area contributed by atoms with Crippen molar-refractivity contribution in [1.82, 2.24) is 16.0 Å². The maximum absolute atomic E-state index is 11.6. The first-order valence-corrected chi connectivity index (χ1v) is 5.41. The number of amides is 2. The Hall–Kier alpha value is -0.810. The summed E-state index contributed by atoms with van der Waals surface area (Å²) in [5.41, 5.74) is 0. The molecule has 1 aliphatic heterocycles. The van der Waals surface area contributed by atoms with Crippen LogP contribution in [0.4, 0.5) is 0 Å². The Balaban J connectivity index is 0.00000225. The van der Waals surface area contributed by atoms with Crippen LogP contribution in [-0.4, -0.2) is 37.5 Å². The molecule has 0 spiro atoms. The fourth-order valence-electron chi connectivity index (χ4n) is 1.61. The second-order valence-electron chi connectivity index (χ2n) is 3.91.